The number of benzene rings is 2. The van der Waals surface area contributed by atoms with Gasteiger partial charge in [0.05, 0.1) is 32.9 Å². The van der Waals surface area contributed by atoms with E-state index in [1.165, 1.54) is 11.3 Å². The number of thiazole rings is 1. The van der Waals surface area contributed by atoms with Gasteiger partial charge in [0, 0.05) is 18.1 Å². The second-order valence-corrected chi connectivity index (χ2v) is 10.5. The summed E-state index contributed by atoms with van der Waals surface area (Å²) in [6, 6.07) is 12.4. The minimum atomic E-state index is -0.596. The van der Waals surface area contributed by atoms with Crippen molar-refractivity contribution in [1.29, 1.82) is 0 Å². The molecule has 1 aromatic heterocycles. The lowest BCUT2D eigenvalue weighted by Crippen LogP contribution is -2.43. The van der Waals surface area contributed by atoms with Gasteiger partial charge in [-0.2, -0.15) is 0 Å². The highest BCUT2D eigenvalue weighted by Gasteiger charge is 2.34. The van der Waals surface area contributed by atoms with Crippen molar-refractivity contribution in [2.75, 3.05) is 19.7 Å². The highest BCUT2D eigenvalue weighted by Crippen LogP contribution is 2.32. The highest BCUT2D eigenvalue weighted by molar-refractivity contribution is 9.10. The molecule has 0 saturated heterocycles. The molecule has 0 radical (unpaired) electrons. The van der Waals surface area contributed by atoms with E-state index in [-0.39, 0.29) is 11.5 Å². The van der Waals surface area contributed by atoms with Crippen LogP contribution in [0, 0.1) is 0 Å². The maximum Gasteiger partial charge on any atom is 0.271 e. The number of allylic oxidation sites excluding steroid dienone is 1. The van der Waals surface area contributed by atoms with Gasteiger partial charge in [-0.05, 0) is 85.1 Å². The maximum atomic E-state index is 13.8. The van der Waals surface area contributed by atoms with Gasteiger partial charge in [-0.25, -0.2) is 4.99 Å². The minimum Gasteiger partial charge on any atom is -0.493 e. The first-order valence-corrected chi connectivity index (χ1v) is 13.8. The second-order valence-electron chi connectivity index (χ2n) is 8.23. The van der Waals surface area contributed by atoms with Gasteiger partial charge < -0.3 is 9.64 Å². The molecule has 36 heavy (non-hydrogen) atoms. The molecular formula is C27H27BrClN3O3S. The van der Waals surface area contributed by atoms with Crippen LogP contribution in [0.5, 0.6) is 5.75 Å². The molecule has 1 aliphatic heterocycles. The Hall–Kier alpha value is -2.68. The summed E-state index contributed by atoms with van der Waals surface area (Å²) < 4.78 is 8.58. The fourth-order valence-electron chi connectivity index (χ4n) is 4.27. The predicted molar refractivity (Wildman–Crippen MR) is 148 cm³/mol. The molecule has 4 rings (SSSR count). The third kappa shape index (κ3) is 5.08. The van der Waals surface area contributed by atoms with Gasteiger partial charge in [0.25, 0.3) is 11.5 Å². The number of carbonyl (C=O) groups excluding carboxylic acids is 1. The fraction of sp³-hybridized carbons (Fsp3) is 0.296. The van der Waals surface area contributed by atoms with Gasteiger partial charge in [-0.1, -0.05) is 41.1 Å². The molecule has 2 aromatic carbocycles. The number of nitrogens with zero attached hydrogens (tertiary/aromatic N) is 3. The van der Waals surface area contributed by atoms with E-state index in [0.29, 0.717) is 45.3 Å². The molecular weight excluding hydrogens is 562 g/mol. The van der Waals surface area contributed by atoms with Crippen LogP contribution in [0.15, 0.2) is 68.0 Å². The summed E-state index contributed by atoms with van der Waals surface area (Å²) in [7, 11) is 0. The minimum absolute atomic E-state index is 0.120. The number of ether oxygens (including phenoxy) is 1. The Kier molecular flexibility index (Phi) is 8.17. The van der Waals surface area contributed by atoms with E-state index in [1.807, 2.05) is 64.1 Å². The Balaban J connectivity index is 1.91. The first-order valence-electron chi connectivity index (χ1n) is 11.8. The second kappa shape index (κ2) is 11.2. The van der Waals surface area contributed by atoms with Crippen LogP contribution in [-0.4, -0.2) is 35.1 Å². The zero-order valence-corrected chi connectivity index (χ0v) is 23.7. The number of aromatic nitrogens is 1. The predicted octanol–water partition coefficient (Wildman–Crippen LogP) is 4.92. The summed E-state index contributed by atoms with van der Waals surface area (Å²) in [6.07, 6.45) is 1.84. The molecule has 0 aliphatic carbocycles. The lowest BCUT2D eigenvalue weighted by Gasteiger charge is -2.29. The number of rotatable bonds is 7. The molecule has 0 bridgehead atoms. The van der Waals surface area contributed by atoms with Crippen LogP contribution in [0.2, 0.25) is 5.02 Å². The molecule has 1 aliphatic rings. The Labute approximate surface area is 227 Å². The van der Waals surface area contributed by atoms with Crippen molar-refractivity contribution < 1.29 is 9.53 Å². The summed E-state index contributed by atoms with van der Waals surface area (Å²) in [6.45, 7) is 9.35. The third-order valence-electron chi connectivity index (χ3n) is 6.04. The molecule has 1 amide bonds. The molecule has 0 fully saturated rings. The average molecular weight is 589 g/mol. The summed E-state index contributed by atoms with van der Waals surface area (Å²) in [5.74, 6) is 0.625. The first-order chi connectivity index (χ1) is 17.3. The van der Waals surface area contributed by atoms with Gasteiger partial charge in [-0.15, -0.1) is 0 Å². The molecule has 2 heterocycles. The Morgan fingerprint density at radius 1 is 1.19 bits per heavy atom. The number of amides is 1. The van der Waals surface area contributed by atoms with Gasteiger partial charge in [-0.3, -0.25) is 14.2 Å². The van der Waals surface area contributed by atoms with Gasteiger partial charge in [0.2, 0.25) is 0 Å². The van der Waals surface area contributed by atoms with Crippen LogP contribution in [0.3, 0.4) is 0 Å². The van der Waals surface area contributed by atoms with Gasteiger partial charge >= 0.3 is 0 Å². The fourth-order valence-corrected chi connectivity index (χ4v) is 5.95. The molecule has 0 spiro atoms. The van der Waals surface area contributed by atoms with Crippen LogP contribution in [0.25, 0.3) is 6.08 Å². The quantitative estimate of drug-likeness (QED) is 0.394. The average Bonchev–Trinajstić information content (AvgIpc) is 3.15. The number of carbonyl (C=O) groups is 1. The zero-order valence-electron chi connectivity index (χ0n) is 20.5. The molecule has 1 atom stereocenters. The molecule has 9 heteroatoms. The zero-order chi connectivity index (χ0) is 26.0. The van der Waals surface area contributed by atoms with Crippen molar-refractivity contribution in [2.45, 2.75) is 33.7 Å². The van der Waals surface area contributed by atoms with Crippen LogP contribution in [0.4, 0.5) is 0 Å². The van der Waals surface area contributed by atoms with Crippen molar-refractivity contribution in [3.05, 3.63) is 94.0 Å². The number of hydrogen-bond acceptors (Lipinski definition) is 5. The lowest BCUT2D eigenvalue weighted by molar-refractivity contribution is -0.127. The van der Waals surface area contributed by atoms with Crippen LogP contribution >= 0.6 is 38.9 Å². The number of likely N-dealkylation sites (N-methyl/N-ethyl adjacent to an activating group) is 1. The smallest absolute Gasteiger partial charge is 0.271 e. The molecule has 0 unspecified atom stereocenters. The number of hydrogen-bond donors (Lipinski definition) is 0. The molecule has 6 nitrogen and oxygen atoms in total. The van der Waals surface area contributed by atoms with Gasteiger partial charge in [0.1, 0.15) is 5.75 Å². The van der Waals surface area contributed by atoms with Crippen molar-refractivity contribution in [3.8, 4) is 5.75 Å². The number of halogens is 2. The Morgan fingerprint density at radius 3 is 2.50 bits per heavy atom. The van der Waals surface area contributed by atoms with Crippen molar-refractivity contribution in [3.63, 3.8) is 0 Å². The van der Waals surface area contributed by atoms with Crippen LogP contribution in [0.1, 0.15) is 44.9 Å². The van der Waals surface area contributed by atoms with E-state index in [0.717, 1.165) is 21.3 Å². The summed E-state index contributed by atoms with van der Waals surface area (Å²) in [5.41, 5.74) is 2.59. The van der Waals surface area contributed by atoms with E-state index in [2.05, 4.69) is 15.9 Å². The lowest BCUT2D eigenvalue weighted by atomic mass is 9.94. The van der Waals surface area contributed by atoms with E-state index in [1.54, 1.807) is 21.6 Å². The third-order valence-corrected chi connectivity index (χ3v) is 7.90. The Bertz CT molecular complexity index is 1500. The van der Waals surface area contributed by atoms with Crippen LogP contribution in [-0.2, 0) is 4.79 Å². The maximum absolute atomic E-state index is 13.8. The molecule has 0 saturated carbocycles. The van der Waals surface area contributed by atoms with Crippen molar-refractivity contribution in [1.82, 2.24) is 9.47 Å². The van der Waals surface area contributed by atoms with Crippen molar-refractivity contribution >= 4 is 50.9 Å². The number of fused-ring (bicyclic) bond motifs is 1. The molecule has 3 aromatic rings. The highest BCUT2D eigenvalue weighted by atomic mass is 79.9. The van der Waals surface area contributed by atoms with E-state index >= 15 is 0 Å². The van der Waals surface area contributed by atoms with E-state index in [4.69, 9.17) is 21.3 Å². The summed E-state index contributed by atoms with van der Waals surface area (Å²) in [4.78, 5) is 34.4. The summed E-state index contributed by atoms with van der Waals surface area (Å²) in [5, 5.41) is 0.588. The monoisotopic (exact) mass is 587 g/mol. The summed E-state index contributed by atoms with van der Waals surface area (Å²) >= 11 is 11.0. The van der Waals surface area contributed by atoms with Crippen LogP contribution < -0.4 is 19.6 Å². The normalized spacial score (nSPS) is 15.5. The standard InChI is InChI=1S/C27H27BrClN3O3S/c1-5-31(6-2)26(34)23-16(4)30-27-32(24(23)18-9-11-19(29)12-10-18)25(33)22(36-27)15-17-8-13-21(35-7-3)20(28)14-17/h8-15,24H,5-7H2,1-4H3/b22-15+/t24-/m0/s1. The van der Waals surface area contributed by atoms with Gasteiger partial charge in [0.15, 0.2) is 4.80 Å². The molecule has 0 N–H and O–H groups in total. The molecule has 188 valence electrons. The van der Waals surface area contributed by atoms with E-state index < -0.39 is 6.04 Å². The largest absolute Gasteiger partial charge is 0.493 e. The van der Waals surface area contributed by atoms with Crippen molar-refractivity contribution in [2.24, 2.45) is 4.99 Å². The topological polar surface area (TPSA) is 63.9 Å². The van der Waals surface area contributed by atoms with E-state index in [9.17, 15) is 9.59 Å². The Morgan fingerprint density at radius 2 is 1.89 bits per heavy atom. The first kappa shape index (κ1) is 26.4. The SMILES string of the molecule is CCOc1ccc(/C=c2/sc3n(c2=O)[C@@H](c2ccc(Cl)cc2)C(C(=O)N(CC)CC)=C(C)N=3)cc1Br.